The highest BCUT2D eigenvalue weighted by molar-refractivity contribution is 4.81. The summed E-state index contributed by atoms with van der Waals surface area (Å²) in [5.74, 6) is 1.01. The molecule has 0 aliphatic carbocycles. The molecular weight excluding hydrogens is 220 g/mol. The quantitative estimate of drug-likeness (QED) is 0.780. The molecule has 108 valence electrons. The van der Waals surface area contributed by atoms with Gasteiger partial charge in [-0.1, -0.05) is 40.5 Å². The molecule has 1 heterocycles. The van der Waals surface area contributed by atoms with Gasteiger partial charge in [0, 0.05) is 6.04 Å². The molecule has 0 aromatic carbocycles. The molecule has 1 saturated heterocycles. The summed E-state index contributed by atoms with van der Waals surface area (Å²) in [6.45, 7) is 13.2. The van der Waals surface area contributed by atoms with Crippen LogP contribution in [0.3, 0.4) is 0 Å². The molecule has 0 bridgehead atoms. The highest BCUT2D eigenvalue weighted by atomic mass is 15.1. The minimum atomic E-state index is 0.370. The second-order valence-corrected chi connectivity index (χ2v) is 7.07. The molecule has 0 aromatic heterocycles. The minimum Gasteiger partial charge on any atom is -0.316 e. The van der Waals surface area contributed by atoms with Gasteiger partial charge in [-0.05, 0) is 57.3 Å². The van der Waals surface area contributed by atoms with Crippen LogP contribution in [0.4, 0.5) is 0 Å². The summed E-state index contributed by atoms with van der Waals surface area (Å²) in [5.41, 5.74) is 0.370. The summed E-state index contributed by atoms with van der Waals surface area (Å²) in [5, 5.41) is 3.48. The SMILES string of the molecule is CCCC1CCN(CCC(NC)C(C)(C)C)CC1. The van der Waals surface area contributed by atoms with Crippen LogP contribution >= 0.6 is 0 Å². The Hall–Kier alpha value is -0.0800. The predicted molar refractivity (Wildman–Crippen MR) is 81.0 cm³/mol. The molecule has 1 unspecified atom stereocenters. The van der Waals surface area contributed by atoms with E-state index in [1.807, 2.05) is 0 Å². The summed E-state index contributed by atoms with van der Waals surface area (Å²) in [6.07, 6.45) is 6.92. The number of nitrogens with one attached hydrogen (secondary N) is 1. The standard InChI is InChI=1S/C16H34N2/c1-6-7-14-8-11-18(12-9-14)13-10-15(17-5)16(2,3)4/h14-15,17H,6-13H2,1-5H3. The molecule has 1 rings (SSSR count). The van der Waals surface area contributed by atoms with Crippen LogP contribution in [-0.2, 0) is 0 Å². The van der Waals surface area contributed by atoms with Crippen LogP contribution in [0.2, 0.25) is 0 Å². The van der Waals surface area contributed by atoms with Gasteiger partial charge in [0.15, 0.2) is 0 Å². The van der Waals surface area contributed by atoms with Crippen molar-refractivity contribution in [3.63, 3.8) is 0 Å². The number of rotatable bonds is 6. The van der Waals surface area contributed by atoms with Gasteiger partial charge in [-0.25, -0.2) is 0 Å². The number of likely N-dealkylation sites (tertiary alicyclic amines) is 1. The lowest BCUT2D eigenvalue weighted by Gasteiger charge is -2.35. The molecule has 1 aliphatic rings. The van der Waals surface area contributed by atoms with Crippen LogP contribution in [0.25, 0.3) is 0 Å². The Morgan fingerprint density at radius 1 is 1.22 bits per heavy atom. The van der Waals surface area contributed by atoms with Gasteiger partial charge in [-0.3, -0.25) is 0 Å². The molecule has 0 spiro atoms. The molecule has 0 aromatic rings. The van der Waals surface area contributed by atoms with E-state index in [1.165, 1.54) is 51.7 Å². The Morgan fingerprint density at radius 3 is 2.28 bits per heavy atom. The van der Waals surface area contributed by atoms with Gasteiger partial charge in [0.1, 0.15) is 0 Å². The zero-order valence-corrected chi connectivity index (χ0v) is 13.3. The first-order valence-corrected chi connectivity index (χ1v) is 7.87. The molecule has 1 fully saturated rings. The number of piperidine rings is 1. The van der Waals surface area contributed by atoms with Crippen molar-refractivity contribution < 1.29 is 0 Å². The second-order valence-electron chi connectivity index (χ2n) is 7.07. The number of hydrogen-bond acceptors (Lipinski definition) is 2. The summed E-state index contributed by atoms with van der Waals surface area (Å²) in [6, 6.07) is 0.630. The molecule has 0 radical (unpaired) electrons. The molecular formula is C16H34N2. The average molecular weight is 254 g/mol. The van der Waals surface area contributed by atoms with Crippen molar-refractivity contribution in [3.05, 3.63) is 0 Å². The van der Waals surface area contributed by atoms with Gasteiger partial charge < -0.3 is 10.2 Å². The lowest BCUT2D eigenvalue weighted by Crippen LogP contribution is -2.42. The lowest BCUT2D eigenvalue weighted by atomic mass is 9.84. The van der Waals surface area contributed by atoms with Gasteiger partial charge >= 0.3 is 0 Å². The fraction of sp³-hybridized carbons (Fsp3) is 1.00. The molecule has 18 heavy (non-hydrogen) atoms. The van der Waals surface area contributed by atoms with Crippen LogP contribution in [0.15, 0.2) is 0 Å². The van der Waals surface area contributed by atoms with E-state index in [0.29, 0.717) is 11.5 Å². The maximum atomic E-state index is 3.48. The maximum Gasteiger partial charge on any atom is 0.0125 e. The van der Waals surface area contributed by atoms with Crippen molar-refractivity contribution in [3.8, 4) is 0 Å². The van der Waals surface area contributed by atoms with Crippen molar-refractivity contribution in [2.24, 2.45) is 11.3 Å². The first-order valence-electron chi connectivity index (χ1n) is 7.87. The van der Waals surface area contributed by atoms with E-state index < -0.39 is 0 Å². The van der Waals surface area contributed by atoms with E-state index in [-0.39, 0.29) is 0 Å². The number of hydrogen-bond donors (Lipinski definition) is 1. The number of nitrogens with zero attached hydrogens (tertiary/aromatic N) is 1. The van der Waals surface area contributed by atoms with E-state index in [1.54, 1.807) is 0 Å². The molecule has 0 amide bonds. The van der Waals surface area contributed by atoms with Crippen LogP contribution < -0.4 is 5.32 Å². The van der Waals surface area contributed by atoms with E-state index in [0.717, 1.165) is 5.92 Å². The van der Waals surface area contributed by atoms with Crippen molar-refractivity contribution in [1.29, 1.82) is 0 Å². The monoisotopic (exact) mass is 254 g/mol. The highest BCUT2D eigenvalue weighted by Crippen LogP contribution is 2.24. The van der Waals surface area contributed by atoms with Crippen LogP contribution in [0, 0.1) is 11.3 Å². The van der Waals surface area contributed by atoms with E-state index >= 15 is 0 Å². The van der Waals surface area contributed by atoms with E-state index in [9.17, 15) is 0 Å². The summed E-state index contributed by atoms with van der Waals surface area (Å²) in [4.78, 5) is 2.67. The van der Waals surface area contributed by atoms with Crippen molar-refractivity contribution >= 4 is 0 Å². The fourth-order valence-corrected chi connectivity index (χ4v) is 3.23. The van der Waals surface area contributed by atoms with E-state index in [4.69, 9.17) is 0 Å². The van der Waals surface area contributed by atoms with Gasteiger partial charge in [0.2, 0.25) is 0 Å². The van der Waals surface area contributed by atoms with Crippen LogP contribution in [0.5, 0.6) is 0 Å². The van der Waals surface area contributed by atoms with E-state index in [2.05, 4.69) is 45.0 Å². The van der Waals surface area contributed by atoms with Gasteiger partial charge in [0.05, 0.1) is 0 Å². The molecule has 1 aliphatic heterocycles. The van der Waals surface area contributed by atoms with Gasteiger partial charge in [-0.2, -0.15) is 0 Å². The Bertz CT molecular complexity index is 212. The Kier molecular flexibility index (Phi) is 6.65. The topological polar surface area (TPSA) is 15.3 Å². The average Bonchev–Trinajstić information content (AvgIpc) is 2.30. The third-order valence-corrected chi connectivity index (χ3v) is 4.53. The largest absolute Gasteiger partial charge is 0.316 e. The first kappa shape index (κ1) is 16.0. The molecule has 2 nitrogen and oxygen atoms in total. The zero-order valence-electron chi connectivity index (χ0n) is 13.3. The zero-order chi connectivity index (χ0) is 13.6. The third-order valence-electron chi connectivity index (χ3n) is 4.53. The van der Waals surface area contributed by atoms with Crippen LogP contribution in [0.1, 0.15) is 59.8 Å². The Labute approximate surface area is 115 Å². The van der Waals surface area contributed by atoms with Crippen molar-refractivity contribution in [2.75, 3.05) is 26.7 Å². The van der Waals surface area contributed by atoms with Crippen molar-refractivity contribution in [2.45, 2.75) is 65.8 Å². The summed E-state index contributed by atoms with van der Waals surface area (Å²) in [7, 11) is 2.10. The fourth-order valence-electron chi connectivity index (χ4n) is 3.23. The van der Waals surface area contributed by atoms with Gasteiger partial charge in [0.25, 0.3) is 0 Å². The minimum absolute atomic E-state index is 0.370. The lowest BCUT2D eigenvalue weighted by molar-refractivity contribution is 0.157. The molecule has 2 heteroatoms. The highest BCUT2D eigenvalue weighted by Gasteiger charge is 2.24. The van der Waals surface area contributed by atoms with Crippen LogP contribution in [-0.4, -0.2) is 37.6 Å². The predicted octanol–water partition coefficient (Wildman–Crippen LogP) is 3.52. The third kappa shape index (κ3) is 5.27. The summed E-state index contributed by atoms with van der Waals surface area (Å²) < 4.78 is 0. The second kappa shape index (κ2) is 7.49. The normalized spacial score (nSPS) is 21.2. The molecule has 1 N–H and O–H groups in total. The maximum absolute atomic E-state index is 3.48. The smallest absolute Gasteiger partial charge is 0.0125 e. The Balaban J connectivity index is 2.25. The Morgan fingerprint density at radius 2 is 1.83 bits per heavy atom. The van der Waals surface area contributed by atoms with Gasteiger partial charge in [-0.15, -0.1) is 0 Å². The molecule has 0 saturated carbocycles. The van der Waals surface area contributed by atoms with Crippen molar-refractivity contribution in [1.82, 2.24) is 10.2 Å². The molecule has 1 atom stereocenters. The summed E-state index contributed by atoms with van der Waals surface area (Å²) >= 11 is 0. The first-order chi connectivity index (χ1) is 8.47.